The molecule has 1 heterocycles. The van der Waals surface area contributed by atoms with Crippen LogP contribution in [0.3, 0.4) is 0 Å². The lowest BCUT2D eigenvalue weighted by atomic mass is 9.95. The number of aliphatic hydroxyl groups is 1. The van der Waals surface area contributed by atoms with Gasteiger partial charge >= 0.3 is 0 Å². The van der Waals surface area contributed by atoms with Crippen molar-refractivity contribution in [3.8, 4) is 5.75 Å². The van der Waals surface area contributed by atoms with E-state index in [9.17, 15) is 14.7 Å². The van der Waals surface area contributed by atoms with Crippen molar-refractivity contribution >= 4 is 52.3 Å². The van der Waals surface area contributed by atoms with Crippen LogP contribution in [-0.2, 0) is 9.59 Å². The number of amides is 1. The lowest BCUT2D eigenvalue weighted by Gasteiger charge is -2.28. The lowest BCUT2D eigenvalue weighted by Crippen LogP contribution is -2.38. The Bertz CT molecular complexity index is 1060. The fourth-order valence-electron chi connectivity index (χ4n) is 3.94. The summed E-state index contributed by atoms with van der Waals surface area (Å²) in [5.74, 6) is -1.54. The van der Waals surface area contributed by atoms with E-state index in [0.717, 1.165) is 13.1 Å². The van der Waals surface area contributed by atoms with Crippen LogP contribution in [0.1, 0.15) is 31.0 Å². The number of carbonyl (C=O) groups excluding carboxylic acids is 2. The zero-order chi connectivity index (χ0) is 24.3. The Kier molecular flexibility index (Phi) is 8.29. The normalized spacial score (nSPS) is 17.8. The molecule has 9 heteroatoms. The maximum absolute atomic E-state index is 13.1. The van der Waals surface area contributed by atoms with Crippen LogP contribution in [-0.4, -0.2) is 59.9 Å². The van der Waals surface area contributed by atoms with Crippen LogP contribution < -0.4 is 4.74 Å². The molecule has 0 aliphatic carbocycles. The average molecular weight is 512 g/mol. The Morgan fingerprint density at radius 2 is 1.64 bits per heavy atom. The predicted molar refractivity (Wildman–Crippen MR) is 131 cm³/mol. The fraction of sp³-hybridized carbons (Fsp3) is 0.333. The molecule has 1 saturated heterocycles. The molecule has 1 N–H and O–H groups in total. The lowest BCUT2D eigenvalue weighted by molar-refractivity contribution is -0.140. The van der Waals surface area contributed by atoms with Crippen LogP contribution in [0.15, 0.2) is 42.0 Å². The number of halogens is 3. The molecule has 2 aromatic rings. The molecule has 0 saturated carbocycles. The largest absolute Gasteiger partial charge is 0.507 e. The molecule has 1 aliphatic heterocycles. The van der Waals surface area contributed by atoms with E-state index in [-0.39, 0.29) is 32.7 Å². The molecule has 0 spiro atoms. The SMILES string of the molecule is CCN(CC)CCN1C(=O)C(=O)/C(=C(/O)c2cc(Cl)c(OC)c(Cl)c2)C1c1ccc(Cl)cc1. The number of aliphatic hydroxyl groups excluding tert-OH is 1. The van der Waals surface area contributed by atoms with E-state index >= 15 is 0 Å². The summed E-state index contributed by atoms with van der Waals surface area (Å²) < 4.78 is 5.16. The summed E-state index contributed by atoms with van der Waals surface area (Å²) in [6.45, 7) is 6.60. The smallest absolute Gasteiger partial charge is 0.295 e. The first kappa shape index (κ1) is 25.4. The monoisotopic (exact) mass is 510 g/mol. The topological polar surface area (TPSA) is 70.1 Å². The highest BCUT2D eigenvalue weighted by atomic mass is 35.5. The molecule has 33 heavy (non-hydrogen) atoms. The van der Waals surface area contributed by atoms with Gasteiger partial charge in [-0.25, -0.2) is 0 Å². The number of rotatable bonds is 8. The summed E-state index contributed by atoms with van der Waals surface area (Å²) in [5.41, 5.74) is 0.844. The zero-order valence-electron chi connectivity index (χ0n) is 18.6. The van der Waals surface area contributed by atoms with Gasteiger partial charge in [-0.05, 0) is 42.9 Å². The molecule has 1 atom stereocenters. The summed E-state index contributed by atoms with van der Waals surface area (Å²) in [7, 11) is 1.43. The van der Waals surface area contributed by atoms with Gasteiger partial charge < -0.3 is 19.6 Å². The van der Waals surface area contributed by atoms with Gasteiger partial charge in [0.2, 0.25) is 0 Å². The molecule has 0 aromatic heterocycles. The maximum atomic E-state index is 13.1. The van der Waals surface area contributed by atoms with E-state index in [1.165, 1.54) is 24.1 Å². The van der Waals surface area contributed by atoms with Crippen molar-refractivity contribution < 1.29 is 19.4 Å². The minimum Gasteiger partial charge on any atom is -0.507 e. The molecule has 1 aliphatic rings. The van der Waals surface area contributed by atoms with Crippen LogP contribution in [0.2, 0.25) is 15.1 Å². The van der Waals surface area contributed by atoms with Crippen LogP contribution in [0, 0.1) is 0 Å². The van der Waals surface area contributed by atoms with Crippen LogP contribution in [0.25, 0.3) is 5.76 Å². The highest BCUT2D eigenvalue weighted by molar-refractivity contribution is 6.46. The summed E-state index contributed by atoms with van der Waals surface area (Å²) >= 11 is 18.5. The van der Waals surface area contributed by atoms with Crippen LogP contribution in [0.4, 0.5) is 0 Å². The zero-order valence-corrected chi connectivity index (χ0v) is 20.8. The standard InChI is InChI=1S/C24H25Cl3N2O4/c1-4-28(5-2)10-11-29-20(14-6-8-16(25)9-7-14)19(22(31)24(29)32)21(30)15-12-17(26)23(33-3)18(27)13-15/h6-9,12-13,20,30H,4-5,10-11H2,1-3H3/b21-19+. The van der Waals surface area contributed by atoms with E-state index in [2.05, 4.69) is 4.90 Å². The van der Waals surface area contributed by atoms with E-state index < -0.39 is 17.7 Å². The first-order valence-electron chi connectivity index (χ1n) is 10.5. The molecule has 1 amide bonds. The number of hydrogen-bond acceptors (Lipinski definition) is 5. The Morgan fingerprint density at radius 3 is 2.15 bits per heavy atom. The van der Waals surface area contributed by atoms with Crippen molar-refractivity contribution in [2.75, 3.05) is 33.3 Å². The van der Waals surface area contributed by atoms with Gasteiger partial charge in [0.25, 0.3) is 11.7 Å². The van der Waals surface area contributed by atoms with Gasteiger partial charge in [-0.1, -0.05) is 60.8 Å². The summed E-state index contributed by atoms with van der Waals surface area (Å²) in [5, 5.41) is 12.0. The van der Waals surface area contributed by atoms with Crippen LogP contribution in [0.5, 0.6) is 5.75 Å². The number of carbonyl (C=O) groups is 2. The Balaban J connectivity index is 2.14. The van der Waals surface area contributed by atoms with Gasteiger partial charge in [0, 0.05) is 23.7 Å². The van der Waals surface area contributed by atoms with Gasteiger partial charge in [0.05, 0.1) is 28.8 Å². The molecule has 176 valence electrons. The molecule has 1 fully saturated rings. The number of ether oxygens (including phenoxy) is 1. The predicted octanol–water partition coefficient (Wildman–Crippen LogP) is 5.42. The van der Waals surface area contributed by atoms with Crippen molar-refractivity contribution in [2.24, 2.45) is 0 Å². The van der Waals surface area contributed by atoms with Crippen molar-refractivity contribution in [3.63, 3.8) is 0 Å². The summed E-state index contributed by atoms with van der Waals surface area (Å²) in [6.07, 6.45) is 0. The Labute approximate surface area is 208 Å². The van der Waals surface area contributed by atoms with Gasteiger partial charge in [-0.15, -0.1) is 0 Å². The number of Topliss-reactive ketones (excluding diaryl/α,β-unsaturated/α-hetero) is 1. The number of benzene rings is 2. The maximum Gasteiger partial charge on any atom is 0.295 e. The first-order valence-corrected chi connectivity index (χ1v) is 11.7. The molecule has 6 nitrogen and oxygen atoms in total. The molecule has 1 unspecified atom stereocenters. The molecule has 3 rings (SSSR count). The third kappa shape index (κ3) is 5.14. The number of nitrogens with zero attached hydrogens (tertiary/aromatic N) is 2. The molecule has 0 radical (unpaired) electrons. The third-order valence-corrected chi connectivity index (χ3v) is 6.57. The number of likely N-dealkylation sites (tertiary alicyclic amines) is 1. The summed E-state index contributed by atoms with van der Waals surface area (Å²) in [6, 6.07) is 8.96. The van der Waals surface area contributed by atoms with E-state index in [1.54, 1.807) is 24.3 Å². The minimum absolute atomic E-state index is 0.0285. The molecular formula is C24H25Cl3N2O4. The number of methoxy groups -OCH3 is 1. The fourth-order valence-corrected chi connectivity index (χ4v) is 4.71. The van der Waals surface area contributed by atoms with Crippen LogP contribution >= 0.6 is 34.8 Å². The van der Waals surface area contributed by atoms with Gasteiger partial charge in [0.15, 0.2) is 5.75 Å². The minimum atomic E-state index is -0.780. The number of ketones is 1. The quantitative estimate of drug-likeness (QED) is 0.291. The van der Waals surface area contributed by atoms with E-state index in [1.807, 2.05) is 13.8 Å². The second kappa shape index (κ2) is 10.8. The third-order valence-electron chi connectivity index (χ3n) is 5.75. The molecular weight excluding hydrogens is 487 g/mol. The highest BCUT2D eigenvalue weighted by Crippen LogP contribution is 2.42. The first-order chi connectivity index (χ1) is 15.7. The van der Waals surface area contributed by atoms with E-state index in [4.69, 9.17) is 39.5 Å². The molecule has 2 aromatic carbocycles. The highest BCUT2D eigenvalue weighted by Gasteiger charge is 2.46. The number of likely N-dealkylation sites (N-methyl/N-ethyl adjacent to an activating group) is 1. The second-order valence-corrected chi connectivity index (χ2v) is 8.79. The van der Waals surface area contributed by atoms with Gasteiger partial charge in [-0.3, -0.25) is 9.59 Å². The van der Waals surface area contributed by atoms with Crippen molar-refractivity contribution in [2.45, 2.75) is 19.9 Å². The van der Waals surface area contributed by atoms with E-state index in [0.29, 0.717) is 23.7 Å². The summed E-state index contributed by atoms with van der Waals surface area (Å²) in [4.78, 5) is 29.8. The Morgan fingerprint density at radius 1 is 1.06 bits per heavy atom. The van der Waals surface area contributed by atoms with Crippen molar-refractivity contribution in [3.05, 3.63) is 68.2 Å². The Hall–Kier alpha value is -2.25. The van der Waals surface area contributed by atoms with Crippen molar-refractivity contribution in [1.82, 2.24) is 9.80 Å². The van der Waals surface area contributed by atoms with Gasteiger partial charge in [0.1, 0.15) is 5.76 Å². The molecule has 0 bridgehead atoms. The number of hydrogen-bond donors (Lipinski definition) is 1. The average Bonchev–Trinajstić information content (AvgIpc) is 3.04. The second-order valence-electron chi connectivity index (χ2n) is 7.54. The van der Waals surface area contributed by atoms with Crippen molar-refractivity contribution in [1.29, 1.82) is 0 Å². The van der Waals surface area contributed by atoms with Gasteiger partial charge in [-0.2, -0.15) is 0 Å².